The van der Waals surface area contributed by atoms with E-state index in [2.05, 4.69) is 9.78 Å². The first-order valence-electron chi connectivity index (χ1n) is 1.63. The van der Waals surface area contributed by atoms with E-state index in [0.717, 1.165) is 0 Å². The minimum absolute atomic E-state index is 0.456. The van der Waals surface area contributed by atoms with Gasteiger partial charge in [0.15, 0.2) is 0 Å². The van der Waals surface area contributed by atoms with Gasteiger partial charge in [0.05, 0.1) is 13.7 Å². The van der Waals surface area contributed by atoms with Gasteiger partial charge in [-0.3, -0.25) is 0 Å². The van der Waals surface area contributed by atoms with Crippen LogP contribution < -0.4 is 0 Å². The molecular formula is C3H7ClO2. The highest BCUT2D eigenvalue weighted by molar-refractivity contribution is 6.17. The van der Waals surface area contributed by atoms with Crippen LogP contribution in [0.1, 0.15) is 0 Å². The molecular weight excluding hydrogens is 103 g/mol. The zero-order chi connectivity index (χ0) is 4.83. The summed E-state index contributed by atoms with van der Waals surface area (Å²) >= 11 is 5.18. The second-order valence-electron chi connectivity index (χ2n) is 0.678. The van der Waals surface area contributed by atoms with Crippen LogP contribution in [0.25, 0.3) is 0 Å². The zero-order valence-corrected chi connectivity index (χ0v) is 4.36. The molecule has 0 saturated heterocycles. The zero-order valence-electron chi connectivity index (χ0n) is 3.61. The lowest BCUT2D eigenvalue weighted by Gasteiger charge is -1.90. The molecule has 0 saturated carbocycles. The van der Waals surface area contributed by atoms with Crippen LogP contribution in [-0.2, 0) is 9.78 Å². The lowest BCUT2D eigenvalue weighted by atomic mass is 10.9. The summed E-state index contributed by atoms with van der Waals surface area (Å²) in [5, 5.41) is 0. The first-order chi connectivity index (χ1) is 2.91. The summed E-state index contributed by atoms with van der Waals surface area (Å²) in [6.07, 6.45) is 0. The maximum atomic E-state index is 5.18. The van der Waals surface area contributed by atoms with Crippen molar-refractivity contribution in [3.05, 3.63) is 0 Å². The van der Waals surface area contributed by atoms with Crippen molar-refractivity contribution in [1.29, 1.82) is 0 Å². The average Bonchev–Trinajstić information content (AvgIpc) is 1.61. The van der Waals surface area contributed by atoms with Crippen molar-refractivity contribution in [2.45, 2.75) is 0 Å². The molecule has 0 unspecified atom stereocenters. The fourth-order valence-electron chi connectivity index (χ4n) is 0.115. The minimum Gasteiger partial charge on any atom is -0.240 e. The Kier molecular flexibility index (Phi) is 5.39. The topological polar surface area (TPSA) is 18.5 Å². The van der Waals surface area contributed by atoms with Crippen LogP contribution in [0.3, 0.4) is 0 Å². The van der Waals surface area contributed by atoms with Gasteiger partial charge in [-0.25, -0.2) is 9.78 Å². The second-order valence-corrected chi connectivity index (χ2v) is 1.06. The summed E-state index contributed by atoms with van der Waals surface area (Å²) in [6.45, 7) is 0.456. The van der Waals surface area contributed by atoms with Crippen LogP contribution in [0.4, 0.5) is 0 Å². The molecule has 0 aromatic heterocycles. The molecule has 0 aromatic rings. The Balaban J connectivity index is 2.34. The van der Waals surface area contributed by atoms with Crippen molar-refractivity contribution in [2.24, 2.45) is 0 Å². The molecule has 0 fully saturated rings. The van der Waals surface area contributed by atoms with E-state index in [-0.39, 0.29) is 0 Å². The summed E-state index contributed by atoms with van der Waals surface area (Å²) < 4.78 is 0. The Bertz CT molecular complexity index is 20.8. The van der Waals surface area contributed by atoms with E-state index in [1.54, 1.807) is 0 Å². The van der Waals surface area contributed by atoms with E-state index < -0.39 is 0 Å². The van der Waals surface area contributed by atoms with Gasteiger partial charge in [0, 0.05) is 5.88 Å². The maximum Gasteiger partial charge on any atom is 0.0957 e. The first kappa shape index (κ1) is 6.21. The number of halogens is 1. The number of hydrogen-bond acceptors (Lipinski definition) is 2. The normalized spacial score (nSPS) is 9.00. The number of rotatable bonds is 3. The number of alkyl halides is 1. The highest BCUT2D eigenvalue weighted by atomic mass is 35.5. The summed E-state index contributed by atoms with van der Waals surface area (Å²) in [4.78, 5) is 8.55. The Morgan fingerprint density at radius 1 is 1.67 bits per heavy atom. The van der Waals surface area contributed by atoms with Crippen molar-refractivity contribution < 1.29 is 9.78 Å². The van der Waals surface area contributed by atoms with Crippen molar-refractivity contribution in [2.75, 3.05) is 19.6 Å². The van der Waals surface area contributed by atoms with Crippen molar-refractivity contribution in [1.82, 2.24) is 0 Å². The Hall–Kier alpha value is 0.210. The molecule has 0 aliphatic rings. The van der Waals surface area contributed by atoms with E-state index in [9.17, 15) is 0 Å². The molecule has 0 aliphatic heterocycles. The van der Waals surface area contributed by atoms with E-state index in [1.165, 1.54) is 7.11 Å². The molecule has 0 spiro atoms. The van der Waals surface area contributed by atoms with Gasteiger partial charge in [-0.05, 0) is 0 Å². The van der Waals surface area contributed by atoms with Gasteiger partial charge in [-0.1, -0.05) is 0 Å². The molecule has 0 amide bonds. The van der Waals surface area contributed by atoms with E-state index in [4.69, 9.17) is 11.6 Å². The second kappa shape index (κ2) is 5.21. The van der Waals surface area contributed by atoms with Crippen LogP contribution in [-0.4, -0.2) is 19.6 Å². The first-order valence-corrected chi connectivity index (χ1v) is 2.17. The molecule has 38 valence electrons. The lowest BCUT2D eigenvalue weighted by molar-refractivity contribution is -0.267. The third-order valence-electron chi connectivity index (χ3n) is 0.278. The van der Waals surface area contributed by atoms with Gasteiger partial charge in [-0.15, -0.1) is 11.6 Å². The highest BCUT2D eigenvalue weighted by Crippen LogP contribution is 1.75. The molecule has 6 heavy (non-hydrogen) atoms. The number of hydrogen-bond donors (Lipinski definition) is 0. The van der Waals surface area contributed by atoms with Gasteiger partial charge in [-0.2, -0.15) is 0 Å². The SMILES string of the molecule is COOCCCl. The maximum absolute atomic E-state index is 5.18. The quantitative estimate of drug-likeness (QED) is 0.232. The highest BCUT2D eigenvalue weighted by Gasteiger charge is 1.75. The molecule has 0 N–H and O–H groups in total. The molecule has 3 heteroatoms. The lowest BCUT2D eigenvalue weighted by Crippen LogP contribution is -1.91. The fourth-order valence-corrected chi connectivity index (χ4v) is 0.178. The molecule has 2 nitrogen and oxygen atoms in total. The predicted octanol–water partition coefficient (Wildman–Crippen LogP) is 0.803. The average molecular weight is 111 g/mol. The largest absolute Gasteiger partial charge is 0.240 e. The van der Waals surface area contributed by atoms with Gasteiger partial charge < -0.3 is 0 Å². The van der Waals surface area contributed by atoms with Crippen molar-refractivity contribution in [3.8, 4) is 0 Å². The summed E-state index contributed by atoms with van der Waals surface area (Å²) in [5.74, 6) is 0.480. The Morgan fingerprint density at radius 3 is 2.50 bits per heavy atom. The molecule has 0 bridgehead atoms. The van der Waals surface area contributed by atoms with Crippen molar-refractivity contribution in [3.63, 3.8) is 0 Å². The van der Waals surface area contributed by atoms with Crippen LogP contribution >= 0.6 is 11.6 Å². The van der Waals surface area contributed by atoms with Gasteiger partial charge >= 0.3 is 0 Å². The van der Waals surface area contributed by atoms with E-state index in [0.29, 0.717) is 12.5 Å². The third-order valence-corrected chi connectivity index (χ3v) is 0.433. The van der Waals surface area contributed by atoms with Crippen LogP contribution in [0.15, 0.2) is 0 Å². The summed E-state index contributed by atoms with van der Waals surface area (Å²) in [7, 11) is 1.45. The smallest absolute Gasteiger partial charge is 0.0957 e. The van der Waals surface area contributed by atoms with Crippen LogP contribution in [0.2, 0.25) is 0 Å². The van der Waals surface area contributed by atoms with E-state index in [1.807, 2.05) is 0 Å². The Morgan fingerprint density at radius 2 is 2.33 bits per heavy atom. The molecule has 0 rings (SSSR count). The molecule has 0 heterocycles. The monoisotopic (exact) mass is 110 g/mol. The molecule has 0 atom stereocenters. The van der Waals surface area contributed by atoms with Crippen molar-refractivity contribution >= 4 is 11.6 Å². The standard InChI is InChI=1S/C3H7ClO2/c1-5-6-3-2-4/h2-3H2,1H3. The molecule has 0 radical (unpaired) electrons. The van der Waals surface area contributed by atoms with E-state index >= 15 is 0 Å². The van der Waals surface area contributed by atoms with Crippen LogP contribution in [0.5, 0.6) is 0 Å². The summed E-state index contributed by atoms with van der Waals surface area (Å²) in [5.41, 5.74) is 0. The molecule has 0 aliphatic carbocycles. The van der Waals surface area contributed by atoms with Crippen LogP contribution in [0, 0.1) is 0 Å². The molecule has 0 aromatic carbocycles. The van der Waals surface area contributed by atoms with Gasteiger partial charge in [0.1, 0.15) is 0 Å². The third kappa shape index (κ3) is 4.21. The van der Waals surface area contributed by atoms with Gasteiger partial charge in [0.25, 0.3) is 0 Å². The minimum atomic E-state index is 0.456. The Labute approximate surface area is 41.9 Å². The predicted molar refractivity (Wildman–Crippen MR) is 23.7 cm³/mol. The van der Waals surface area contributed by atoms with Gasteiger partial charge in [0.2, 0.25) is 0 Å². The summed E-state index contributed by atoms with van der Waals surface area (Å²) in [6, 6.07) is 0. The fraction of sp³-hybridized carbons (Fsp3) is 1.00.